The lowest BCUT2D eigenvalue weighted by atomic mass is 10.2. The number of ether oxygens (including phenoxy) is 1. The van der Waals surface area contributed by atoms with Gasteiger partial charge in [-0.1, -0.05) is 42.5 Å². The Morgan fingerprint density at radius 1 is 1.06 bits per heavy atom. The zero-order chi connectivity index (χ0) is 12.8. The third kappa shape index (κ3) is 3.31. The number of rotatable bonds is 4. The molecule has 92 valence electrons. The third-order valence-corrected chi connectivity index (χ3v) is 3.03. The van der Waals surface area contributed by atoms with Gasteiger partial charge in [-0.3, -0.25) is 0 Å². The largest absolute Gasteiger partial charge is 0.497 e. The van der Waals surface area contributed by atoms with E-state index in [1.165, 1.54) is 5.56 Å². The zero-order valence-corrected chi connectivity index (χ0v) is 11.0. The summed E-state index contributed by atoms with van der Waals surface area (Å²) in [5.74, 6) is 0.838. The number of methoxy groups -OCH3 is 1. The number of benzene rings is 2. The van der Waals surface area contributed by atoms with E-state index < -0.39 is 0 Å². The molecule has 18 heavy (non-hydrogen) atoms. The molecular weight excluding hydrogens is 242 g/mol. The smallest absolute Gasteiger partial charge is 0.118 e. The summed E-state index contributed by atoms with van der Waals surface area (Å²) < 4.78 is 5.11. The van der Waals surface area contributed by atoms with Gasteiger partial charge in [-0.05, 0) is 29.8 Å². The Bertz CT molecular complexity index is 508. The van der Waals surface area contributed by atoms with Gasteiger partial charge in [0.2, 0.25) is 0 Å². The Morgan fingerprint density at radius 3 is 2.33 bits per heavy atom. The zero-order valence-electron chi connectivity index (χ0n) is 10.2. The van der Waals surface area contributed by atoms with E-state index in [1.54, 1.807) is 7.11 Å². The van der Waals surface area contributed by atoms with E-state index in [-0.39, 0.29) is 0 Å². The quantitative estimate of drug-likeness (QED) is 0.850. The maximum atomic E-state index is 5.35. The second-order valence-corrected chi connectivity index (χ2v) is 4.31. The first-order valence-corrected chi connectivity index (χ1v) is 6.16. The van der Waals surface area contributed by atoms with Crippen molar-refractivity contribution in [2.75, 3.05) is 7.11 Å². The van der Waals surface area contributed by atoms with Crippen LogP contribution in [0.2, 0.25) is 0 Å². The molecule has 0 atom stereocenters. The van der Waals surface area contributed by atoms with Gasteiger partial charge in [0, 0.05) is 12.1 Å². The highest BCUT2D eigenvalue weighted by Crippen LogP contribution is 2.11. The van der Waals surface area contributed by atoms with Gasteiger partial charge in [-0.25, -0.2) is 0 Å². The van der Waals surface area contributed by atoms with Crippen LogP contribution in [0.5, 0.6) is 5.75 Å². The SMILES string of the molecule is COc1ccc(C(=S)NCc2ccccc2)cc1. The van der Waals surface area contributed by atoms with Gasteiger partial charge in [0.15, 0.2) is 0 Å². The molecule has 0 radical (unpaired) electrons. The minimum Gasteiger partial charge on any atom is -0.497 e. The highest BCUT2D eigenvalue weighted by molar-refractivity contribution is 7.80. The number of hydrogen-bond donors (Lipinski definition) is 1. The minimum atomic E-state index is 0.742. The minimum absolute atomic E-state index is 0.742. The second-order valence-electron chi connectivity index (χ2n) is 3.90. The van der Waals surface area contributed by atoms with Gasteiger partial charge in [-0.2, -0.15) is 0 Å². The Balaban J connectivity index is 1.95. The first kappa shape index (κ1) is 12.6. The molecule has 2 aromatic carbocycles. The standard InChI is InChI=1S/C15H15NOS/c1-17-14-9-7-13(8-10-14)15(18)16-11-12-5-3-2-4-6-12/h2-10H,11H2,1H3,(H,16,18). The Hall–Kier alpha value is -1.87. The molecule has 3 heteroatoms. The molecule has 0 heterocycles. The summed E-state index contributed by atoms with van der Waals surface area (Å²) in [5, 5.41) is 3.24. The molecule has 2 aromatic rings. The maximum absolute atomic E-state index is 5.35. The van der Waals surface area contributed by atoms with E-state index in [0.29, 0.717) is 0 Å². The summed E-state index contributed by atoms with van der Waals surface area (Å²) in [4.78, 5) is 0.751. The predicted molar refractivity (Wildman–Crippen MR) is 78.0 cm³/mol. The first-order valence-electron chi connectivity index (χ1n) is 5.76. The summed E-state index contributed by atoms with van der Waals surface area (Å²) >= 11 is 5.35. The van der Waals surface area contributed by atoms with Gasteiger partial charge in [-0.15, -0.1) is 0 Å². The fourth-order valence-corrected chi connectivity index (χ4v) is 1.83. The number of hydrogen-bond acceptors (Lipinski definition) is 2. The van der Waals surface area contributed by atoms with Crippen LogP contribution in [-0.4, -0.2) is 12.1 Å². The van der Waals surface area contributed by atoms with E-state index in [4.69, 9.17) is 17.0 Å². The second kappa shape index (κ2) is 6.17. The van der Waals surface area contributed by atoms with Crippen molar-refractivity contribution in [3.8, 4) is 5.75 Å². The van der Waals surface area contributed by atoms with Gasteiger partial charge in [0.05, 0.1) is 7.11 Å². The molecule has 1 N–H and O–H groups in total. The van der Waals surface area contributed by atoms with Crippen LogP contribution in [0.3, 0.4) is 0 Å². The monoisotopic (exact) mass is 257 g/mol. The average Bonchev–Trinajstić information content (AvgIpc) is 2.46. The molecule has 2 nitrogen and oxygen atoms in total. The van der Waals surface area contributed by atoms with E-state index in [0.717, 1.165) is 22.8 Å². The lowest BCUT2D eigenvalue weighted by Crippen LogP contribution is -2.21. The summed E-state index contributed by atoms with van der Waals surface area (Å²) in [6.07, 6.45) is 0. The van der Waals surface area contributed by atoms with Crippen molar-refractivity contribution in [2.45, 2.75) is 6.54 Å². The van der Waals surface area contributed by atoms with Gasteiger partial charge >= 0.3 is 0 Å². The van der Waals surface area contributed by atoms with Crippen molar-refractivity contribution >= 4 is 17.2 Å². The van der Waals surface area contributed by atoms with E-state index >= 15 is 0 Å². The highest BCUT2D eigenvalue weighted by Gasteiger charge is 2.01. The van der Waals surface area contributed by atoms with Crippen LogP contribution in [-0.2, 0) is 6.54 Å². The van der Waals surface area contributed by atoms with E-state index in [2.05, 4.69) is 17.4 Å². The van der Waals surface area contributed by atoms with E-state index in [9.17, 15) is 0 Å². The lowest BCUT2D eigenvalue weighted by molar-refractivity contribution is 0.415. The van der Waals surface area contributed by atoms with Crippen molar-refractivity contribution in [3.63, 3.8) is 0 Å². The molecule has 2 rings (SSSR count). The van der Waals surface area contributed by atoms with Crippen LogP contribution in [0.15, 0.2) is 54.6 Å². The van der Waals surface area contributed by atoms with E-state index in [1.807, 2.05) is 42.5 Å². The third-order valence-electron chi connectivity index (χ3n) is 2.65. The molecule has 0 saturated carbocycles. The van der Waals surface area contributed by atoms with Crippen molar-refractivity contribution in [3.05, 3.63) is 65.7 Å². The van der Waals surface area contributed by atoms with Crippen molar-refractivity contribution in [1.82, 2.24) is 5.32 Å². The van der Waals surface area contributed by atoms with Crippen LogP contribution in [0.25, 0.3) is 0 Å². The van der Waals surface area contributed by atoms with Gasteiger partial charge < -0.3 is 10.1 Å². The van der Waals surface area contributed by atoms with Crippen molar-refractivity contribution in [1.29, 1.82) is 0 Å². The molecule has 0 aliphatic heterocycles. The molecule has 0 spiro atoms. The van der Waals surface area contributed by atoms with Crippen LogP contribution in [0.4, 0.5) is 0 Å². The Labute approximate surface area is 113 Å². The van der Waals surface area contributed by atoms with Crippen molar-refractivity contribution in [2.24, 2.45) is 0 Å². The van der Waals surface area contributed by atoms with Crippen molar-refractivity contribution < 1.29 is 4.74 Å². The Kier molecular flexibility index (Phi) is 4.31. The number of thiocarbonyl (C=S) groups is 1. The van der Waals surface area contributed by atoms with Crippen LogP contribution < -0.4 is 10.1 Å². The summed E-state index contributed by atoms with van der Waals surface area (Å²) in [6, 6.07) is 17.9. The normalized spacial score (nSPS) is 9.83. The number of nitrogens with one attached hydrogen (secondary N) is 1. The fourth-order valence-electron chi connectivity index (χ4n) is 1.62. The molecule has 0 aliphatic carbocycles. The molecule has 0 bridgehead atoms. The first-order chi connectivity index (χ1) is 8.79. The molecule has 0 amide bonds. The maximum Gasteiger partial charge on any atom is 0.118 e. The summed E-state index contributed by atoms with van der Waals surface area (Å²) in [5.41, 5.74) is 2.22. The van der Waals surface area contributed by atoms with Gasteiger partial charge in [0.1, 0.15) is 10.7 Å². The molecule has 0 unspecified atom stereocenters. The molecule has 0 aromatic heterocycles. The molecule has 0 saturated heterocycles. The Morgan fingerprint density at radius 2 is 1.72 bits per heavy atom. The van der Waals surface area contributed by atoms with Crippen LogP contribution in [0.1, 0.15) is 11.1 Å². The predicted octanol–water partition coefficient (Wildman–Crippen LogP) is 3.16. The topological polar surface area (TPSA) is 21.3 Å². The lowest BCUT2D eigenvalue weighted by Gasteiger charge is -2.08. The fraction of sp³-hybridized carbons (Fsp3) is 0.133. The molecule has 0 fully saturated rings. The van der Waals surface area contributed by atoms with Crippen LogP contribution in [0, 0.1) is 0 Å². The van der Waals surface area contributed by atoms with Crippen LogP contribution >= 0.6 is 12.2 Å². The van der Waals surface area contributed by atoms with Gasteiger partial charge in [0.25, 0.3) is 0 Å². The highest BCUT2D eigenvalue weighted by atomic mass is 32.1. The summed E-state index contributed by atoms with van der Waals surface area (Å²) in [7, 11) is 1.65. The summed E-state index contributed by atoms with van der Waals surface area (Å²) in [6.45, 7) is 0.742. The molecule has 0 aliphatic rings. The molecular formula is C15H15NOS. The average molecular weight is 257 g/mol.